The molecule has 1 unspecified atom stereocenters. The SMILES string of the molecule is CC1=C(C(=O)Nc2ccc3[nH]ncc3c2)C(c2csc(-c3ccccc3)n2)NC(=O)N1. The van der Waals surface area contributed by atoms with Crippen LogP contribution in [0.25, 0.3) is 21.5 Å². The van der Waals surface area contributed by atoms with E-state index in [9.17, 15) is 9.59 Å². The summed E-state index contributed by atoms with van der Waals surface area (Å²) in [6, 6.07) is 14.3. The number of carbonyl (C=O) groups excluding carboxylic acids is 2. The third-order valence-electron chi connectivity index (χ3n) is 5.05. The molecule has 8 nitrogen and oxygen atoms in total. The van der Waals surface area contributed by atoms with Crippen LogP contribution in [0.3, 0.4) is 0 Å². The molecule has 1 aliphatic rings. The first-order valence-corrected chi connectivity index (χ1v) is 10.5. The number of anilines is 1. The lowest BCUT2D eigenvalue weighted by atomic mass is 9.99. The smallest absolute Gasteiger partial charge is 0.319 e. The Balaban J connectivity index is 1.46. The number of carbonyl (C=O) groups is 2. The van der Waals surface area contributed by atoms with Gasteiger partial charge in [-0.15, -0.1) is 11.3 Å². The highest BCUT2D eigenvalue weighted by Gasteiger charge is 2.33. The minimum Gasteiger partial charge on any atom is -0.325 e. The highest BCUT2D eigenvalue weighted by Crippen LogP contribution is 2.32. The van der Waals surface area contributed by atoms with Gasteiger partial charge in [-0.3, -0.25) is 9.89 Å². The van der Waals surface area contributed by atoms with Crippen LogP contribution in [0.1, 0.15) is 18.7 Å². The third kappa shape index (κ3) is 3.66. The number of H-pyrrole nitrogens is 1. The maximum absolute atomic E-state index is 13.2. The van der Waals surface area contributed by atoms with Crippen molar-refractivity contribution >= 4 is 39.9 Å². The van der Waals surface area contributed by atoms with Crippen molar-refractivity contribution in [2.75, 3.05) is 5.32 Å². The number of aromatic amines is 1. The zero-order valence-corrected chi connectivity index (χ0v) is 17.3. The fraction of sp³-hybridized carbons (Fsp3) is 0.0909. The molecule has 0 spiro atoms. The van der Waals surface area contributed by atoms with Crippen molar-refractivity contribution in [1.29, 1.82) is 0 Å². The Morgan fingerprint density at radius 1 is 1.16 bits per heavy atom. The zero-order chi connectivity index (χ0) is 21.4. The van der Waals surface area contributed by atoms with Crippen LogP contribution >= 0.6 is 11.3 Å². The number of rotatable bonds is 4. The van der Waals surface area contributed by atoms with E-state index in [1.807, 2.05) is 47.8 Å². The molecule has 31 heavy (non-hydrogen) atoms. The van der Waals surface area contributed by atoms with E-state index in [1.165, 1.54) is 11.3 Å². The lowest BCUT2D eigenvalue weighted by molar-refractivity contribution is -0.113. The van der Waals surface area contributed by atoms with E-state index in [4.69, 9.17) is 4.98 Å². The Morgan fingerprint density at radius 2 is 2.00 bits per heavy atom. The molecule has 154 valence electrons. The lowest BCUT2D eigenvalue weighted by Gasteiger charge is -2.27. The quantitative estimate of drug-likeness (QED) is 0.393. The van der Waals surface area contributed by atoms with Crippen LogP contribution < -0.4 is 16.0 Å². The number of nitrogens with one attached hydrogen (secondary N) is 4. The number of thiazole rings is 1. The van der Waals surface area contributed by atoms with Gasteiger partial charge in [0.1, 0.15) is 11.0 Å². The summed E-state index contributed by atoms with van der Waals surface area (Å²) < 4.78 is 0. The van der Waals surface area contributed by atoms with E-state index in [0.29, 0.717) is 22.7 Å². The first-order valence-electron chi connectivity index (χ1n) is 9.62. The molecule has 4 N–H and O–H groups in total. The van der Waals surface area contributed by atoms with Crippen LogP contribution in [0.5, 0.6) is 0 Å². The van der Waals surface area contributed by atoms with Crippen LogP contribution in [0.2, 0.25) is 0 Å². The molecule has 0 fully saturated rings. The molecule has 0 saturated heterocycles. The Morgan fingerprint density at radius 3 is 2.84 bits per heavy atom. The summed E-state index contributed by atoms with van der Waals surface area (Å²) in [5.41, 5.74) is 4.03. The summed E-state index contributed by atoms with van der Waals surface area (Å²) in [4.78, 5) is 30.1. The summed E-state index contributed by atoms with van der Waals surface area (Å²) in [6.07, 6.45) is 1.70. The number of urea groups is 1. The minimum absolute atomic E-state index is 0.313. The molecule has 2 aromatic heterocycles. The topological polar surface area (TPSA) is 112 Å². The van der Waals surface area contributed by atoms with E-state index in [1.54, 1.807) is 19.2 Å². The molecule has 0 aliphatic carbocycles. The average Bonchev–Trinajstić information content (AvgIpc) is 3.43. The standard InChI is InChI=1S/C22H18N6O2S/c1-12-18(20(29)25-15-7-8-16-14(9-15)10-23-28-16)19(27-22(30)24-12)17-11-31-21(26-17)13-5-3-2-4-6-13/h2-11,19H,1H3,(H,23,28)(H,25,29)(H2,24,27,30). The summed E-state index contributed by atoms with van der Waals surface area (Å²) in [5, 5.41) is 18.9. The monoisotopic (exact) mass is 430 g/mol. The van der Waals surface area contributed by atoms with Crippen LogP contribution in [-0.4, -0.2) is 27.1 Å². The van der Waals surface area contributed by atoms with Gasteiger partial charge in [0.25, 0.3) is 5.91 Å². The van der Waals surface area contributed by atoms with E-state index in [0.717, 1.165) is 21.5 Å². The minimum atomic E-state index is -0.653. The predicted octanol–water partition coefficient (Wildman–Crippen LogP) is 3.95. The summed E-state index contributed by atoms with van der Waals surface area (Å²) in [7, 11) is 0. The first-order chi connectivity index (χ1) is 15.1. The molecule has 5 rings (SSSR count). The number of benzene rings is 2. The summed E-state index contributed by atoms with van der Waals surface area (Å²) >= 11 is 1.47. The van der Waals surface area contributed by atoms with Gasteiger partial charge in [0.05, 0.1) is 23.0 Å². The second-order valence-corrected chi connectivity index (χ2v) is 8.00. The number of aromatic nitrogens is 3. The van der Waals surface area contributed by atoms with Gasteiger partial charge in [-0.1, -0.05) is 30.3 Å². The molecule has 3 amide bonds. The Bertz CT molecular complexity index is 1320. The number of allylic oxidation sites excluding steroid dienone is 1. The van der Waals surface area contributed by atoms with Crippen LogP contribution in [0, 0.1) is 0 Å². The van der Waals surface area contributed by atoms with Gasteiger partial charge in [0.15, 0.2) is 0 Å². The van der Waals surface area contributed by atoms with Gasteiger partial charge in [-0.25, -0.2) is 9.78 Å². The summed E-state index contributed by atoms with van der Waals surface area (Å²) in [6.45, 7) is 1.71. The zero-order valence-electron chi connectivity index (χ0n) is 16.5. The van der Waals surface area contributed by atoms with Crippen molar-refractivity contribution in [3.05, 3.63) is 77.1 Å². The van der Waals surface area contributed by atoms with Gasteiger partial charge < -0.3 is 16.0 Å². The van der Waals surface area contributed by atoms with Crippen molar-refractivity contribution in [1.82, 2.24) is 25.8 Å². The van der Waals surface area contributed by atoms with E-state index in [2.05, 4.69) is 26.1 Å². The molecule has 0 radical (unpaired) electrons. The van der Waals surface area contributed by atoms with E-state index in [-0.39, 0.29) is 11.9 Å². The molecular formula is C22H18N6O2S. The fourth-order valence-electron chi connectivity index (χ4n) is 3.57. The molecule has 0 saturated carbocycles. The Labute approximate surface area is 181 Å². The maximum Gasteiger partial charge on any atom is 0.319 e. The molecule has 0 bridgehead atoms. The second kappa shape index (κ2) is 7.69. The number of fused-ring (bicyclic) bond motifs is 1. The van der Waals surface area contributed by atoms with Crippen LogP contribution in [0.4, 0.5) is 10.5 Å². The van der Waals surface area contributed by atoms with E-state index < -0.39 is 6.04 Å². The molecule has 9 heteroatoms. The molecule has 2 aromatic carbocycles. The Kier molecular flexibility index (Phi) is 4.72. The molecule has 1 aliphatic heterocycles. The molecule has 4 aromatic rings. The average molecular weight is 430 g/mol. The van der Waals surface area contributed by atoms with Gasteiger partial charge in [-0.05, 0) is 25.1 Å². The lowest BCUT2D eigenvalue weighted by Crippen LogP contribution is -2.46. The van der Waals surface area contributed by atoms with Gasteiger partial charge >= 0.3 is 6.03 Å². The van der Waals surface area contributed by atoms with Crippen molar-refractivity contribution in [3.63, 3.8) is 0 Å². The fourth-order valence-corrected chi connectivity index (χ4v) is 4.42. The molecular weight excluding hydrogens is 412 g/mol. The van der Waals surface area contributed by atoms with E-state index >= 15 is 0 Å². The van der Waals surface area contributed by atoms with Crippen molar-refractivity contribution in [2.24, 2.45) is 0 Å². The number of nitrogens with zero attached hydrogens (tertiary/aromatic N) is 2. The number of hydrogen-bond acceptors (Lipinski definition) is 5. The largest absolute Gasteiger partial charge is 0.325 e. The highest BCUT2D eigenvalue weighted by atomic mass is 32.1. The van der Waals surface area contributed by atoms with Gasteiger partial charge in [0, 0.05) is 27.7 Å². The van der Waals surface area contributed by atoms with Crippen LogP contribution in [-0.2, 0) is 4.79 Å². The number of hydrogen-bond donors (Lipinski definition) is 4. The highest BCUT2D eigenvalue weighted by molar-refractivity contribution is 7.13. The maximum atomic E-state index is 13.2. The Hall–Kier alpha value is -3.98. The van der Waals surface area contributed by atoms with Gasteiger partial charge in [0.2, 0.25) is 0 Å². The number of amides is 3. The molecule has 1 atom stereocenters. The molecule has 3 heterocycles. The second-order valence-electron chi connectivity index (χ2n) is 7.14. The van der Waals surface area contributed by atoms with Crippen molar-refractivity contribution in [3.8, 4) is 10.6 Å². The normalized spacial score (nSPS) is 16.2. The predicted molar refractivity (Wildman–Crippen MR) is 119 cm³/mol. The van der Waals surface area contributed by atoms with Crippen molar-refractivity contribution in [2.45, 2.75) is 13.0 Å². The van der Waals surface area contributed by atoms with Gasteiger partial charge in [-0.2, -0.15) is 5.10 Å². The van der Waals surface area contributed by atoms with Crippen LogP contribution in [0.15, 0.2) is 71.4 Å². The summed E-state index contributed by atoms with van der Waals surface area (Å²) in [5.74, 6) is -0.313. The first kappa shape index (κ1) is 19.0. The van der Waals surface area contributed by atoms with Crippen molar-refractivity contribution < 1.29 is 9.59 Å². The third-order valence-corrected chi connectivity index (χ3v) is 5.96.